The van der Waals surface area contributed by atoms with E-state index in [1.54, 1.807) is 24.3 Å². The van der Waals surface area contributed by atoms with E-state index in [9.17, 15) is 13.5 Å². The van der Waals surface area contributed by atoms with Gasteiger partial charge in [0.1, 0.15) is 11.4 Å². The van der Waals surface area contributed by atoms with Gasteiger partial charge >= 0.3 is 0 Å². The third kappa shape index (κ3) is 4.87. The average Bonchev–Trinajstić information content (AvgIpc) is 2.66. The molecule has 0 aliphatic rings. The number of benzene rings is 2. The van der Waals surface area contributed by atoms with Gasteiger partial charge in [0.25, 0.3) is 10.0 Å². The second kappa shape index (κ2) is 8.55. The molecule has 0 aliphatic heterocycles. The number of hydrogen-bond donors (Lipinski definition) is 2. The molecule has 1 heterocycles. The van der Waals surface area contributed by atoms with Crippen LogP contribution in [0.2, 0.25) is 15.1 Å². The third-order valence-corrected chi connectivity index (χ3v) is 5.87. The fourth-order valence-electron chi connectivity index (χ4n) is 2.25. The molecule has 0 amide bonds. The minimum atomic E-state index is -4.01. The molecule has 1 aromatic heterocycles. The number of aliphatic hydroxyl groups excluding tert-OH is 1. The van der Waals surface area contributed by atoms with E-state index in [1.165, 1.54) is 30.5 Å². The van der Waals surface area contributed by atoms with Crippen LogP contribution < -0.4 is 9.46 Å². The van der Waals surface area contributed by atoms with E-state index in [0.29, 0.717) is 11.3 Å². The zero-order valence-corrected chi connectivity index (χ0v) is 17.1. The third-order valence-electron chi connectivity index (χ3n) is 3.56. The Labute approximate surface area is 176 Å². The molecule has 3 aromatic rings. The SMILES string of the molecule is O=S(=O)(Nc1cc(Cl)cnc1Oc1cccc(CO)c1)c1ccc(Cl)c(Cl)c1. The lowest BCUT2D eigenvalue weighted by molar-refractivity contribution is 0.281. The summed E-state index contributed by atoms with van der Waals surface area (Å²) in [4.78, 5) is 3.96. The minimum absolute atomic E-state index is 0.0110. The van der Waals surface area contributed by atoms with Gasteiger partial charge in [-0.15, -0.1) is 0 Å². The smallest absolute Gasteiger partial charge is 0.262 e. The summed E-state index contributed by atoms with van der Waals surface area (Å²) < 4.78 is 33.5. The number of nitrogens with zero attached hydrogens (tertiary/aromatic N) is 1. The molecule has 0 saturated carbocycles. The van der Waals surface area contributed by atoms with E-state index in [2.05, 4.69) is 9.71 Å². The first-order valence-electron chi connectivity index (χ1n) is 7.79. The first kappa shape index (κ1) is 20.7. The van der Waals surface area contributed by atoms with Gasteiger partial charge in [-0.05, 0) is 42.0 Å². The number of aromatic nitrogens is 1. The van der Waals surface area contributed by atoms with Crippen LogP contribution in [0.15, 0.2) is 59.6 Å². The number of pyridine rings is 1. The quantitative estimate of drug-likeness (QED) is 0.533. The lowest BCUT2D eigenvalue weighted by Crippen LogP contribution is -2.14. The second-order valence-electron chi connectivity index (χ2n) is 5.60. The van der Waals surface area contributed by atoms with Crippen LogP contribution in [0.25, 0.3) is 0 Å². The predicted molar refractivity (Wildman–Crippen MR) is 109 cm³/mol. The van der Waals surface area contributed by atoms with Crippen molar-refractivity contribution < 1.29 is 18.3 Å². The van der Waals surface area contributed by atoms with E-state index in [1.807, 2.05) is 0 Å². The van der Waals surface area contributed by atoms with Crippen molar-refractivity contribution >= 4 is 50.5 Å². The van der Waals surface area contributed by atoms with Crippen LogP contribution >= 0.6 is 34.8 Å². The Balaban J connectivity index is 1.95. The van der Waals surface area contributed by atoms with Gasteiger partial charge < -0.3 is 9.84 Å². The van der Waals surface area contributed by atoms with Crippen LogP contribution in [-0.2, 0) is 16.6 Å². The molecule has 2 N–H and O–H groups in total. The van der Waals surface area contributed by atoms with Crippen LogP contribution in [0.3, 0.4) is 0 Å². The maximum atomic E-state index is 12.7. The highest BCUT2D eigenvalue weighted by molar-refractivity contribution is 7.92. The number of sulfonamides is 1. The van der Waals surface area contributed by atoms with Gasteiger partial charge in [0.15, 0.2) is 0 Å². The lowest BCUT2D eigenvalue weighted by Gasteiger charge is -2.13. The number of nitrogens with one attached hydrogen (secondary N) is 1. The molecule has 10 heteroatoms. The van der Waals surface area contributed by atoms with E-state index < -0.39 is 10.0 Å². The van der Waals surface area contributed by atoms with Crippen LogP contribution in [-0.4, -0.2) is 18.5 Å². The minimum Gasteiger partial charge on any atom is -0.437 e. The molecule has 2 aromatic carbocycles. The van der Waals surface area contributed by atoms with Gasteiger partial charge in [-0.2, -0.15) is 0 Å². The van der Waals surface area contributed by atoms with Crippen molar-refractivity contribution in [3.05, 3.63) is 75.4 Å². The summed E-state index contributed by atoms with van der Waals surface area (Å²) in [5.41, 5.74) is 0.664. The van der Waals surface area contributed by atoms with Crippen LogP contribution in [0.4, 0.5) is 5.69 Å². The van der Waals surface area contributed by atoms with Gasteiger partial charge in [-0.25, -0.2) is 13.4 Å². The molecule has 6 nitrogen and oxygen atoms in total. The average molecular weight is 460 g/mol. The Morgan fingerprint density at radius 2 is 1.82 bits per heavy atom. The Hall–Kier alpha value is -2.03. The Kier molecular flexibility index (Phi) is 6.32. The van der Waals surface area contributed by atoms with Crippen molar-refractivity contribution in [2.24, 2.45) is 0 Å². The number of aliphatic hydroxyl groups is 1. The van der Waals surface area contributed by atoms with Crippen molar-refractivity contribution in [1.82, 2.24) is 4.98 Å². The summed E-state index contributed by atoms with van der Waals surface area (Å²) >= 11 is 17.7. The van der Waals surface area contributed by atoms with E-state index in [0.717, 1.165) is 0 Å². The molecular weight excluding hydrogens is 447 g/mol. The number of ether oxygens (including phenoxy) is 1. The van der Waals surface area contributed by atoms with E-state index >= 15 is 0 Å². The zero-order valence-electron chi connectivity index (χ0n) is 14.1. The molecule has 0 saturated heterocycles. The highest BCUT2D eigenvalue weighted by Crippen LogP contribution is 2.32. The summed E-state index contributed by atoms with van der Waals surface area (Å²) in [7, 11) is -4.01. The molecule has 0 bridgehead atoms. The maximum absolute atomic E-state index is 12.7. The van der Waals surface area contributed by atoms with Crippen molar-refractivity contribution in [2.45, 2.75) is 11.5 Å². The summed E-state index contributed by atoms with van der Waals surface area (Å²) in [5, 5.41) is 9.79. The number of hydrogen-bond acceptors (Lipinski definition) is 5. The number of rotatable bonds is 6. The van der Waals surface area contributed by atoms with Crippen molar-refractivity contribution in [3.63, 3.8) is 0 Å². The summed E-state index contributed by atoms with van der Waals surface area (Å²) in [6.07, 6.45) is 1.32. The Morgan fingerprint density at radius 3 is 2.54 bits per heavy atom. The summed E-state index contributed by atoms with van der Waals surface area (Å²) in [5.74, 6) is 0.361. The summed E-state index contributed by atoms with van der Waals surface area (Å²) in [6.45, 7) is -0.165. The predicted octanol–water partition coefficient (Wildman–Crippen LogP) is 5.13. The van der Waals surface area contributed by atoms with Gasteiger partial charge in [-0.1, -0.05) is 46.9 Å². The fourth-order valence-corrected chi connectivity index (χ4v) is 3.84. The maximum Gasteiger partial charge on any atom is 0.262 e. The molecule has 0 radical (unpaired) electrons. The molecule has 146 valence electrons. The van der Waals surface area contributed by atoms with Gasteiger partial charge in [0, 0.05) is 6.20 Å². The molecule has 0 aliphatic carbocycles. The van der Waals surface area contributed by atoms with E-state index in [-0.39, 0.29) is 38.1 Å². The summed E-state index contributed by atoms with van der Waals surface area (Å²) in [6, 6.07) is 12.0. The fraction of sp³-hybridized carbons (Fsp3) is 0.0556. The largest absolute Gasteiger partial charge is 0.437 e. The first-order chi connectivity index (χ1) is 13.3. The molecule has 0 fully saturated rings. The van der Waals surface area contributed by atoms with Crippen molar-refractivity contribution in [3.8, 4) is 11.6 Å². The molecule has 0 spiro atoms. The zero-order chi connectivity index (χ0) is 20.3. The molecule has 0 unspecified atom stereocenters. The van der Waals surface area contributed by atoms with Gasteiger partial charge in [0.05, 0.1) is 26.6 Å². The topological polar surface area (TPSA) is 88.5 Å². The van der Waals surface area contributed by atoms with Crippen molar-refractivity contribution in [1.29, 1.82) is 0 Å². The normalized spacial score (nSPS) is 11.3. The Morgan fingerprint density at radius 1 is 1.04 bits per heavy atom. The van der Waals surface area contributed by atoms with E-state index in [4.69, 9.17) is 39.5 Å². The number of anilines is 1. The van der Waals surface area contributed by atoms with Crippen molar-refractivity contribution in [2.75, 3.05) is 4.72 Å². The first-order valence-corrected chi connectivity index (χ1v) is 10.4. The lowest BCUT2D eigenvalue weighted by atomic mass is 10.2. The standard InChI is InChI=1S/C18H13Cl3N2O4S/c19-12-7-17(23-28(25,26)14-4-5-15(20)16(21)8-14)18(22-9-12)27-13-3-1-2-11(6-13)10-24/h1-9,23-24H,10H2. The Bertz CT molecular complexity index is 1120. The highest BCUT2D eigenvalue weighted by atomic mass is 35.5. The van der Waals surface area contributed by atoms with Gasteiger partial charge in [-0.3, -0.25) is 4.72 Å². The van der Waals surface area contributed by atoms with Crippen LogP contribution in [0.1, 0.15) is 5.56 Å². The molecule has 28 heavy (non-hydrogen) atoms. The molecule has 0 atom stereocenters. The second-order valence-corrected chi connectivity index (χ2v) is 8.53. The molecular formula is C18H13Cl3N2O4S. The number of halogens is 3. The van der Waals surface area contributed by atoms with Crippen LogP contribution in [0, 0.1) is 0 Å². The van der Waals surface area contributed by atoms with Gasteiger partial charge in [0.2, 0.25) is 5.88 Å². The highest BCUT2D eigenvalue weighted by Gasteiger charge is 2.19. The monoisotopic (exact) mass is 458 g/mol. The molecule has 3 rings (SSSR count). The van der Waals surface area contributed by atoms with Crippen LogP contribution in [0.5, 0.6) is 11.6 Å².